The summed E-state index contributed by atoms with van der Waals surface area (Å²) < 4.78 is 0. The van der Waals surface area contributed by atoms with Crippen molar-refractivity contribution in [3.05, 3.63) is 82.0 Å². The number of amidine groups is 1. The van der Waals surface area contributed by atoms with Crippen molar-refractivity contribution in [3.63, 3.8) is 0 Å². The Bertz CT molecular complexity index is 1090. The number of rotatable bonds is 4. The summed E-state index contributed by atoms with van der Waals surface area (Å²) in [4.78, 5) is 32.0. The van der Waals surface area contributed by atoms with Gasteiger partial charge in [0.1, 0.15) is 5.84 Å². The molecule has 0 unspecified atom stereocenters. The van der Waals surface area contributed by atoms with Crippen molar-refractivity contribution in [1.82, 2.24) is 10.2 Å². The predicted octanol–water partition coefficient (Wildman–Crippen LogP) is 3.14. The van der Waals surface area contributed by atoms with E-state index in [1.54, 1.807) is 12.1 Å². The molecule has 138 valence electrons. The first kappa shape index (κ1) is 17.3. The lowest BCUT2D eigenvalue weighted by Gasteiger charge is -2.19. The van der Waals surface area contributed by atoms with Crippen molar-refractivity contribution >= 4 is 35.0 Å². The molecular formula is C19H14N6O3. The van der Waals surface area contributed by atoms with Gasteiger partial charge in [0.15, 0.2) is 17.6 Å². The molecule has 0 bridgehead atoms. The monoisotopic (exact) mass is 374 g/mol. The molecule has 1 aliphatic heterocycles. The number of aromatic amines is 1. The van der Waals surface area contributed by atoms with E-state index >= 15 is 0 Å². The van der Waals surface area contributed by atoms with Crippen LogP contribution in [0.3, 0.4) is 0 Å². The van der Waals surface area contributed by atoms with E-state index in [0.29, 0.717) is 22.8 Å². The number of aliphatic imine (C=N–C) groups is 2. The fourth-order valence-electron chi connectivity index (χ4n) is 2.74. The van der Waals surface area contributed by atoms with Crippen LogP contribution in [0.15, 0.2) is 70.8 Å². The van der Waals surface area contributed by atoms with Gasteiger partial charge in [-0.15, -0.1) is 0 Å². The zero-order chi connectivity index (χ0) is 19.5. The highest BCUT2D eigenvalue weighted by molar-refractivity contribution is 6.24. The number of carbonyl (C=O) groups is 1. The molecule has 0 saturated carbocycles. The first-order chi connectivity index (χ1) is 13.6. The third-order valence-electron chi connectivity index (χ3n) is 4.15. The van der Waals surface area contributed by atoms with Gasteiger partial charge in [-0.25, -0.2) is 4.99 Å². The third-order valence-corrected chi connectivity index (χ3v) is 4.15. The smallest absolute Gasteiger partial charge is 0.269 e. The average Bonchev–Trinajstić information content (AvgIpc) is 3.18. The number of ketones is 1. The maximum absolute atomic E-state index is 12.9. The molecule has 4 rings (SSSR count). The number of hydrogen-bond donors (Lipinski definition) is 2. The van der Waals surface area contributed by atoms with Gasteiger partial charge in [-0.1, -0.05) is 18.2 Å². The van der Waals surface area contributed by atoms with Gasteiger partial charge < -0.3 is 5.32 Å². The lowest BCUT2D eigenvalue weighted by Crippen LogP contribution is -2.36. The van der Waals surface area contributed by atoms with Gasteiger partial charge in [-0.05, 0) is 29.8 Å². The summed E-state index contributed by atoms with van der Waals surface area (Å²) in [5.74, 6) is 0.506. The molecule has 0 radical (unpaired) electrons. The van der Waals surface area contributed by atoms with Crippen LogP contribution in [-0.2, 0) is 0 Å². The topological polar surface area (TPSA) is 126 Å². The Balaban J connectivity index is 1.64. The Kier molecular flexibility index (Phi) is 4.47. The Morgan fingerprint density at radius 3 is 2.61 bits per heavy atom. The second-order valence-corrected chi connectivity index (χ2v) is 6.01. The van der Waals surface area contributed by atoms with Crippen LogP contribution in [0.4, 0.5) is 17.2 Å². The van der Waals surface area contributed by atoms with Gasteiger partial charge in [0.05, 0.1) is 16.7 Å². The van der Waals surface area contributed by atoms with E-state index in [-0.39, 0.29) is 11.5 Å². The maximum atomic E-state index is 12.9. The van der Waals surface area contributed by atoms with E-state index in [1.807, 2.05) is 30.3 Å². The van der Waals surface area contributed by atoms with Crippen LogP contribution in [0, 0.1) is 10.1 Å². The number of nitrogens with zero attached hydrogens (tertiary/aromatic N) is 4. The highest BCUT2D eigenvalue weighted by Crippen LogP contribution is 2.25. The summed E-state index contributed by atoms with van der Waals surface area (Å²) in [5, 5.41) is 20.5. The molecule has 9 heteroatoms. The van der Waals surface area contributed by atoms with Crippen molar-refractivity contribution in [2.75, 3.05) is 5.32 Å². The molecule has 2 aromatic carbocycles. The van der Waals surface area contributed by atoms with Crippen molar-refractivity contribution in [2.24, 2.45) is 9.98 Å². The molecule has 2 N–H and O–H groups in total. The zero-order valence-electron chi connectivity index (χ0n) is 14.4. The molecule has 0 spiro atoms. The molecule has 28 heavy (non-hydrogen) atoms. The molecule has 0 aliphatic carbocycles. The van der Waals surface area contributed by atoms with Crippen molar-refractivity contribution in [2.45, 2.75) is 6.04 Å². The fourth-order valence-corrected chi connectivity index (χ4v) is 2.74. The first-order valence-electron chi connectivity index (χ1n) is 8.38. The largest absolute Gasteiger partial charge is 0.341 e. The lowest BCUT2D eigenvalue weighted by molar-refractivity contribution is -0.384. The van der Waals surface area contributed by atoms with Crippen molar-refractivity contribution < 1.29 is 9.72 Å². The highest BCUT2D eigenvalue weighted by atomic mass is 16.6. The van der Waals surface area contributed by atoms with Crippen LogP contribution in [-0.4, -0.2) is 39.0 Å². The number of hydrogen-bond acceptors (Lipinski definition) is 7. The van der Waals surface area contributed by atoms with Crippen LogP contribution in [0.25, 0.3) is 0 Å². The standard InChI is InChI=1S/C19H14N6O3/c26-17-15-11-21-24-18(15)23-19(22-13-4-2-1-3-5-13)16(17)20-10-12-6-8-14(9-7-12)25(27)28/h1-11,16H,(H2,21,22,23,24)/t16-/m0/s1. The maximum Gasteiger partial charge on any atom is 0.269 e. The summed E-state index contributed by atoms with van der Waals surface area (Å²) in [6.07, 6.45) is 2.93. The minimum absolute atomic E-state index is 0.0121. The van der Waals surface area contributed by atoms with Crippen LogP contribution in [0.5, 0.6) is 0 Å². The van der Waals surface area contributed by atoms with E-state index in [2.05, 4.69) is 25.5 Å². The second-order valence-electron chi connectivity index (χ2n) is 6.01. The summed E-state index contributed by atoms with van der Waals surface area (Å²) in [6.45, 7) is 0. The number of nitro groups is 1. The van der Waals surface area contributed by atoms with Gasteiger partial charge in [0.2, 0.25) is 0 Å². The number of nitro benzene ring substituents is 1. The lowest BCUT2D eigenvalue weighted by atomic mass is 10.0. The minimum Gasteiger partial charge on any atom is -0.341 e. The summed E-state index contributed by atoms with van der Waals surface area (Å²) in [5.41, 5.74) is 1.76. The minimum atomic E-state index is -0.875. The molecule has 1 atom stereocenters. The normalized spacial score (nSPS) is 15.9. The quantitative estimate of drug-likeness (QED) is 0.412. The second kappa shape index (κ2) is 7.23. The molecule has 0 saturated heterocycles. The van der Waals surface area contributed by atoms with E-state index in [4.69, 9.17) is 0 Å². The Hall–Kier alpha value is -4.14. The van der Waals surface area contributed by atoms with Crippen LogP contribution >= 0.6 is 0 Å². The van der Waals surface area contributed by atoms with Gasteiger partial charge in [-0.3, -0.25) is 25.0 Å². The molecule has 9 nitrogen and oxygen atoms in total. The van der Waals surface area contributed by atoms with Crippen molar-refractivity contribution in [1.29, 1.82) is 0 Å². The molecule has 0 fully saturated rings. The van der Waals surface area contributed by atoms with Crippen LogP contribution in [0.2, 0.25) is 0 Å². The van der Waals surface area contributed by atoms with E-state index in [0.717, 1.165) is 5.69 Å². The highest BCUT2D eigenvalue weighted by Gasteiger charge is 2.32. The predicted molar refractivity (Wildman–Crippen MR) is 105 cm³/mol. The van der Waals surface area contributed by atoms with Crippen molar-refractivity contribution in [3.8, 4) is 0 Å². The average molecular weight is 374 g/mol. The Morgan fingerprint density at radius 1 is 1.14 bits per heavy atom. The number of fused-ring (bicyclic) bond motifs is 1. The number of aromatic nitrogens is 2. The van der Waals surface area contributed by atoms with Crippen LogP contribution < -0.4 is 5.32 Å². The number of non-ortho nitro benzene ring substituents is 1. The third kappa shape index (κ3) is 3.40. The molecule has 3 aromatic rings. The summed E-state index contributed by atoms with van der Waals surface area (Å²) in [6, 6.07) is 14.4. The number of carbonyl (C=O) groups excluding carboxylic acids is 1. The first-order valence-corrected chi connectivity index (χ1v) is 8.38. The molecule has 0 amide bonds. The van der Waals surface area contributed by atoms with E-state index in [9.17, 15) is 14.9 Å². The zero-order valence-corrected chi connectivity index (χ0v) is 14.4. The number of Topliss-reactive ketones (excluding diaryl/α,β-unsaturated/α-hetero) is 1. The molecule has 2 heterocycles. The number of anilines is 1. The molecule has 1 aliphatic rings. The fraction of sp³-hybridized carbons (Fsp3) is 0.0526. The molecule has 1 aromatic heterocycles. The van der Waals surface area contributed by atoms with Gasteiger partial charge in [-0.2, -0.15) is 5.10 Å². The number of para-hydroxylation sites is 1. The number of nitrogens with one attached hydrogen (secondary N) is 2. The van der Waals surface area contributed by atoms with E-state index < -0.39 is 11.0 Å². The van der Waals surface area contributed by atoms with Crippen LogP contribution in [0.1, 0.15) is 15.9 Å². The SMILES string of the molecule is O=C1c2cn[nH]c2N=C(Nc2ccccc2)[C@H]1N=Cc1ccc([N+](=O)[O-])cc1. The summed E-state index contributed by atoms with van der Waals surface area (Å²) in [7, 11) is 0. The summed E-state index contributed by atoms with van der Waals surface area (Å²) >= 11 is 0. The number of H-pyrrole nitrogens is 1. The molecular weight excluding hydrogens is 360 g/mol. The van der Waals surface area contributed by atoms with Gasteiger partial charge in [0, 0.05) is 24.0 Å². The van der Waals surface area contributed by atoms with E-state index in [1.165, 1.54) is 24.5 Å². The van der Waals surface area contributed by atoms with Gasteiger partial charge in [0.25, 0.3) is 5.69 Å². The Labute approximate surface area is 159 Å². The Morgan fingerprint density at radius 2 is 1.89 bits per heavy atom. The van der Waals surface area contributed by atoms with Gasteiger partial charge >= 0.3 is 0 Å². The number of benzene rings is 2.